The van der Waals surface area contributed by atoms with Crippen molar-refractivity contribution in [3.8, 4) is 5.75 Å². The van der Waals surface area contributed by atoms with Crippen LogP contribution in [0.25, 0.3) is 0 Å². The van der Waals surface area contributed by atoms with E-state index in [0.29, 0.717) is 0 Å². The number of aryl methyl sites for hydroxylation is 1. The molecule has 8 heteroatoms. The van der Waals surface area contributed by atoms with E-state index in [9.17, 15) is 16.8 Å². The van der Waals surface area contributed by atoms with Crippen LogP contribution >= 0.6 is 0 Å². The predicted octanol–water partition coefficient (Wildman–Crippen LogP) is 0.0658. The Morgan fingerprint density at radius 2 is 1.83 bits per heavy atom. The van der Waals surface area contributed by atoms with Crippen molar-refractivity contribution < 1.29 is 21.6 Å². The van der Waals surface area contributed by atoms with Gasteiger partial charge in [0.15, 0.2) is 9.84 Å². The van der Waals surface area contributed by atoms with Crippen LogP contribution in [0.5, 0.6) is 5.75 Å². The monoisotopic (exact) mass is 293 g/mol. The third-order valence-corrected chi connectivity index (χ3v) is 3.96. The van der Waals surface area contributed by atoms with Crippen molar-refractivity contribution >= 4 is 19.9 Å². The molecule has 0 spiro atoms. The lowest BCUT2D eigenvalue weighted by atomic mass is 10.2. The van der Waals surface area contributed by atoms with Crippen LogP contribution in [0.15, 0.2) is 23.1 Å². The Balaban J connectivity index is 2.96. The Kier molecular flexibility index (Phi) is 4.36. The first-order valence-corrected chi connectivity index (χ1v) is 8.64. The molecule has 0 aliphatic heterocycles. The van der Waals surface area contributed by atoms with E-state index in [4.69, 9.17) is 9.88 Å². The maximum atomic E-state index is 11.3. The molecule has 0 amide bonds. The van der Waals surface area contributed by atoms with E-state index in [0.717, 1.165) is 11.8 Å². The lowest BCUT2D eigenvalue weighted by Gasteiger charge is -2.10. The molecule has 0 atom stereocenters. The first-order valence-electron chi connectivity index (χ1n) is 5.03. The molecule has 0 unspecified atom stereocenters. The minimum atomic E-state index is -3.90. The van der Waals surface area contributed by atoms with Gasteiger partial charge in [0, 0.05) is 6.26 Å². The van der Waals surface area contributed by atoms with Crippen molar-refractivity contribution in [2.75, 3.05) is 18.6 Å². The Hall–Kier alpha value is -1.12. The van der Waals surface area contributed by atoms with Gasteiger partial charge in [-0.2, -0.15) is 0 Å². The molecule has 0 bridgehead atoms. The maximum absolute atomic E-state index is 11.3. The largest absolute Gasteiger partial charge is 0.491 e. The van der Waals surface area contributed by atoms with Crippen molar-refractivity contribution in [2.45, 2.75) is 11.8 Å². The van der Waals surface area contributed by atoms with E-state index in [-0.39, 0.29) is 23.0 Å². The van der Waals surface area contributed by atoms with Gasteiger partial charge in [-0.1, -0.05) is 6.07 Å². The summed E-state index contributed by atoms with van der Waals surface area (Å²) in [5.74, 6) is -0.128. The van der Waals surface area contributed by atoms with Crippen LogP contribution in [0.4, 0.5) is 0 Å². The number of sulfone groups is 1. The van der Waals surface area contributed by atoms with Gasteiger partial charge in [0.05, 0.1) is 5.75 Å². The molecule has 0 aromatic heterocycles. The minimum Gasteiger partial charge on any atom is -0.491 e. The van der Waals surface area contributed by atoms with Gasteiger partial charge in [0.1, 0.15) is 17.3 Å². The molecule has 6 nitrogen and oxygen atoms in total. The van der Waals surface area contributed by atoms with Gasteiger partial charge in [0.25, 0.3) is 0 Å². The number of nitrogens with two attached hydrogens (primary N) is 1. The number of hydrogen-bond donors (Lipinski definition) is 1. The first-order chi connectivity index (χ1) is 8.09. The first kappa shape index (κ1) is 14.9. The van der Waals surface area contributed by atoms with Crippen LogP contribution in [0.1, 0.15) is 5.56 Å². The predicted molar refractivity (Wildman–Crippen MR) is 67.8 cm³/mol. The number of hydrogen-bond acceptors (Lipinski definition) is 5. The van der Waals surface area contributed by atoms with Crippen LogP contribution in [-0.4, -0.2) is 35.5 Å². The summed E-state index contributed by atoms with van der Waals surface area (Å²) in [4.78, 5) is -0.143. The summed E-state index contributed by atoms with van der Waals surface area (Å²) in [5, 5.41) is 5.06. The van der Waals surface area contributed by atoms with Crippen LogP contribution in [-0.2, 0) is 19.9 Å². The SMILES string of the molecule is Cc1ccc(OCCS(C)(=O)=O)c(S(N)(=O)=O)c1. The van der Waals surface area contributed by atoms with E-state index < -0.39 is 19.9 Å². The number of benzene rings is 1. The van der Waals surface area contributed by atoms with E-state index in [2.05, 4.69) is 0 Å². The molecule has 18 heavy (non-hydrogen) atoms. The molecule has 0 radical (unpaired) electrons. The highest BCUT2D eigenvalue weighted by Crippen LogP contribution is 2.23. The van der Waals surface area contributed by atoms with Crippen LogP contribution < -0.4 is 9.88 Å². The van der Waals surface area contributed by atoms with Crippen LogP contribution in [0.2, 0.25) is 0 Å². The van der Waals surface area contributed by atoms with Crippen molar-refractivity contribution in [1.82, 2.24) is 0 Å². The molecule has 2 N–H and O–H groups in total. The van der Waals surface area contributed by atoms with E-state index in [1.807, 2.05) is 0 Å². The topological polar surface area (TPSA) is 104 Å². The summed E-state index contributed by atoms with van der Waals surface area (Å²) in [7, 11) is -7.05. The third kappa shape index (κ3) is 4.63. The van der Waals surface area contributed by atoms with Crippen molar-refractivity contribution in [3.05, 3.63) is 23.8 Å². The summed E-state index contributed by atoms with van der Waals surface area (Å²) < 4.78 is 49.7. The molecule has 1 aromatic rings. The lowest BCUT2D eigenvalue weighted by Crippen LogP contribution is -2.16. The summed E-state index contributed by atoms with van der Waals surface area (Å²) in [6, 6.07) is 4.49. The molecule has 0 aliphatic rings. The average Bonchev–Trinajstić information content (AvgIpc) is 2.17. The molecule has 1 rings (SSSR count). The van der Waals surface area contributed by atoms with Crippen molar-refractivity contribution in [3.63, 3.8) is 0 Å². The Morgan fingerprint density at radius 3 is 2.33 bits per heavy atom. The summed E-state index contributed by atoms with van der Waals surface area (Å²) >= 11 is 0. The van der Waals surface area contributed by atoms with Crippen LogP contribution in [0.3, 0.4) is 0 Å². The highest BCUT2D eigenvalue weighted by Gasteiger charge is 2.15. The molecule has 1 aromatic carbocycles. The molecule has 0 fully saturated rings. The standard InChI is InChI=1S/C10H15NO5S2/c1-8-3-4-9(10(7-8)18(11,14)15)16-5-6-17(2,12)13/h3-4,7H,5-6H2,1-2H3,(H2,11,14,15). The zero-order valence-corrected chi connectivity index (χ0v) is 11.7. The number of primary sulfonamides is 1. The van der Waals surface area contributed by atoms with Gasteiger partial charge < -0.3 is 4.74 Å². The molecule has 0 saturated heterocycles. The number of rotatable bonds is 5. The minimum absolute atomic E-state index is 0.0618. The van der Waals surface area contributed by atoms with E-state index in [1.165, 1.54) is 12.1 Å². The van der Waals surface area contributed by atoms with E-state index in [1.54, 1.807) is 13.0 Å². The molecule has 0 aliphatic carbocycles. The summed E-state index contributed by atoms with van der Waals surface area (Å²) in [6.07, 6.45) is 1.08. The second-order valence-corrected chi connectivity index (χ2v) is 7.76. The zero-order valence-electron chi connectivity index (χ0n) is 10.1. The molecule has 0 saturated carbocycles. The normalized spacial score (nSPS) is 12.4. The Bertz CT molecular complexity index is 634. The summed E-state index contributed by atoms with van der Waals surface area (Å²) in [6.45, 7) is 1.60. The van der Waals surface area contributed by atoms with Crippen LogP contribution in [0, 0.1) is 6.92 Å². The fourth-order valence-electron chi connectivity index (χ4n) is 1.26. The molecular formula is C10H15NO5S2. The van der Waals surface area contributed by atoms with Gasteiger partial charge in [0.2, 0.25) is 10.0 Å². The fourth-order valence-corrected chi connectivity index (χ4v) is 2.40. The smallest absolute Gasteiger partial charge is 0.241 e. The van der Waals surface area contributed by atoms with Crippen molar-refractivity contribution in [2.24, 2.45) is 5.14 Å². The van der Waals surface area contributed by atoms with Gasteiger partial charge in [-0.15, -0.1) is 0 Å². The number of ether oxygens (including phenoxy) is 1. The zero-order chi connectivity index (χ0) is 14.0. The molecule has 0 heterocycles. The van der Waals surface area contributed by atoms with Crippen molar-refractivity contribution in [1.29, 1.82) is 0 Å². The van der Waals surface area contributed by atoms with E-state index >= 15 is 0 Å². The lowest BCUT2D eigenvalue weighted by molar-refractivity contribution is 0.332. The Labute approximate surface area is 107 Å². The van der Waals surface area contributed by atoms with Gasteiger partial charge >= 0.3 is 0 Å². The Morgan fingerprint density at radius 1 is 1.22 bits per heavy atom. The second-order valence-electron chi connectivity index (χ2n) is 3.97. The maximum Gasteiger partial charge on any atom is 0.241 e. The molecule has 102 valence electrons. The van der Waals surface area contributed by atoms with Gasteiger partial charge in [-0.25, -0.2) is 22.0 Å². The van der Waals surface area contributed by atoms with Gasteiger partial charge in [-0.3, -0.25) is 0 Å². The highest BCUT2D eigenvalue weighted by molar-refractivity contribution is 7.90. The van der Waals surface area contributed by atoms with Gasteiger partial charge in [-0.05, 0) is 24.6 Å². The fraction of sp³-hybridized carbons (Fsp3) is 0.400. The molecular weight excluding hydrogens is 278 g/mol. The second kappa shape index (κ2) is 5.25. The number of sulfonamides is 1. The summed E-state index contributed by atoms with van der Waals surface area (Å²) in [5.41, 5.74) is 0.717. The quantitative estimate of drug-likeness (QED) is 0.827. The average molecular weight is 293 g/mol. The third-order valence-electron chi connectivity index (χ3n) is 2.12. The highest BCUT2D eigenvalue weighted by atomic mass is 32.2.